The minimum absolute atomic E-state index is 0.116. The summed E-state index contributed by atoms with van der Waals surface area (Å²) in [5.74, 6) is -1.49. The Bertz CT molecular complexity index is 2300. The molecule has 6 aromatic rings. The zero-order valence-corrected chi connectivity index (χ0v) is 29.1. The number of sulfone groups is 2. The molecular weight excluding hydrogens is 687 g/mol. The first-order valence-corrected chi connectivity index (χ1v) is 18.9. The lowest BCUT2D eigenvalue weighted by Crippen LogP contribution is -2.19. The summed E-state index contributed by atoms with van der Waals surface area (Å²) in [6, 6.07) is 27.6. The van der Waals surface area contributed by atoms with Crippen LogP contribution in [-0.4, -0.2) is 43.3 Å². The molecular formula is C37H30Cl2N2O5S2. The van der Waals surface area contributed by atoms with Crippen molar-refractivity contribution in [1.82, 2.24) is 9.13 Å². The number of fused-ring (bicyclic) bond motifs is 2. The summed E-state index contributed by atoms with van der Waals surface area (Å²) in [6.07, 6.45) is 6.39. The Morgan fingerprint density at radius 3 is 1.31 bits per heavy atom. The standard InChI is InChI=1S/C37H30Cl2N2O5S2/c1-40-31-13-5-3-11-29(31)36(47(43,44)23-7-9-25-15-19-27(38)20-16-25)33(40)35(42)34-37(30-12-4-6-14-32(30)41(34)2)48(45,46)24-8-10-26-17-21-28(39)22-18-26/h3-22H,23-24H2,1-2H3. The average molecular weight is 718 g/mol. The first-order valence-electron chi connectivity index (χ1n) is 14.9. The monoisotopic (exact) mass is 716 g/mol. The van der Waals surface area contributed by atoms with Crippen LogP contribution >= 0.6 is 23.2 Å². The summed E-state index contributed by atoms with van der Waals surface area (Å²) >= 11 is 12.0. The molecule has 244 valence electrons. The Hall–Kier alpha value is -4.41. The van der Waals surface area contributed by atoms with Gasteiger partial charge in [-0.3, -0.25) is 4.79 Å². The summed E-state index contributed by atoms with van der Waals surface area (Å²) < 4.78 is 59.5. The molecule has 7 nitrogen and oxygen atoms in total. The number of benzene rings is 4. The van der Waals surface area contributed by atoms with Crippen molar-refractivity contribution in [2.45, 2.75) is 9.79 Å². The van der Waals surface area contributed by atoms with E-state index >= 15 is 0 Å². The molecule has 0 amide bonds. The number of para-hydroxylation sites is 2. The lowest BCUT2D eigenvalue weighted by Gasteiger charge is -2.11. The van der Waals surface area contributed by atoms with Crippen molar-refractivity contribution in [2.24, 2.45) is 14.1 Å². The first-order chi connectivity index (χ1) is 22.9. The van der Waals surface area contributed by atoms with Gasteiger partial charge in [0.15, 0.2) is 19.7 Å². The molecule has 0 aliphatic rings. The van der Waals surface area contributed by atoms with Gasteiger partial charge in [0.1, 0.15) is 21.2 Å². The largest absolute Gasteiger partial charge is 0.340 e. The van der Waals surface area contributed by atoms with Crippen LogP contribution in [0.3, 0.4) is 0 Å². The zero-order valence-electron chi connectivity index (χ0n) is 26.0. The fraction of sp³-hybridized carbons (Fsp3) is 0.108. The van der Waals surface area contributed by atoms with E-state index in [1.165, 1.54) is 21.3 Å². The highest BCUT2D eigenvalue weighted by Gasteiger charge is 2.36. The van der Waals surface area contributed by atoms with Gasteiger partial charge in [-0.2, -0.15) is 0 Å². The molecule has 2 heterocycles. The Morgan fingerprint density at radius 1 is 0.583 bits per heavy atom. The van der Waals surface area contributed by atoms with Gasteiger partial charge in [-0.05, 0) is 47.5 Å². The van der Waals surface area contributed by atoms with Crippen molar-refractivity contribution in [2.75, 3.05) is 11.5 Å². The minimum Gasteiger partial charge on any atom is -0.340 e. The SMILES string of the molecule is Cn1c(C(=O)c2c(S(=O)(=O)CC=Cc3ccc(Cl)cc3)c3ccccc3n2C)c(S(=O)(=O)CC=Cc2ccc(Cl)cc2)c2ccccc21. The minimum atomic E-state index is -4.10. The summed E-state index contributed by atoms with van der Waals surface area (Å²) in [5, 5.41) is 1.87. The van der Waals surface area contributed by atoms with E-state index in [4.69, 9.17) is 23.2 Å². The van der Waals surface area contributed by atoms with Crippen LogP contribution in [0.2, 0.25) is 10.0 Å². The normalized spacial score (nSPS) is 12.6. The molecule has 0 fully saturated rings. The van der Waals surface area contributed by atoms with Crippen molar-refractivity contribution in [3.8, 4) is 0 Å². The predicted octanol–water partition coefficient (Wildman–Crippen LogP) is 8.18. The van der Waals surface area contributed by atoms with Crippen LogP contribution in [0, 0.1) is 0 Å². The van der Waals surface area contributed by atoms with E-state index in [1.54, 1.807) is 123 Å². The third-order valence-corrected chi connectivity index (χ3v) is 12.0. The van der Waals surface area contributed by atoms with Gasteiger partial charge < -0.3 is 9.13 Å². The topological polar surface area (TPSA) is 95.2 Å². The summed E-state index contributed by atoms with van der Waals surface area (Å²) in [6.45, 7) is 0. The van der Waals surface area contributed by atoms with Gasteiger partial charge in [-0.15, -0.1) is 0 Å². The highest BCUT2D eigenvalue weighted by atomic mass is 35.5. The number of ketones is 1. The number of hydrogen-bond donors (Lipinski definition) is 0. The Kier molecular flexibility index (Phi) is 9.24. The molecule has 0 unspecified atom stereocenters. The van der Waals surface area contributed by atoms with Crippen LogP contribution in [0.1, 0.15) is 27.3 Å². The van der Waals surface area contributed by atoms with E-state index < -0.39 is 25.5 Å². The molecule has 48 heavy (non-hydrogen) atoms. The third-order valence-electron chi connectivity index (χ3n) is 8.17. The Morgan fingerprint density at radius 2 is 0.938 bits per heavy atom. The Labute approximate surface area is 289 Å². The number of halogens is 2. The van der Waals surface area contributed by atoms with Gasteiger partial charge in [0.25, 0.3) is 0 Å². The van der Waals surface area contributed by atoms with Crippen LogP contribution < -0.4 is 0 Å². The summed E-state index contributed by atoms with van der Waals surface area (Å²) in [5.41, 5.74) is 2.34. The number of aromatic nitrogens is 2. The average Bonchev–Trinajstić information content (AvgIpc) is 3.55. The van der Waals surface area contributed by atoms with Crippen LogP contribution in [-0.2, 0) is 33.8 Å². The van der Waals surface area contributed by atoms with Crippen LogP contribution in [0.4, 0.5) is 0 Å². The number of carbonyl (C=O) groups is 1. The first kappa shape index (κ1) is 33.5. The molecule has 0 N–H and O–H groups in total. The predicted molar refractivity (Wildman–Crippen MR) is 194 cm³/mol. The molecule has 0 saturated heterocycles. The van der Waals surface area contributed by atoms with E-state index in [-0.39, 0.29) is 32.7 Å². The van der Waals surface area contributed by atoms with Gasteiger partial charge in [0, 0.05) is 45.9 Å². The van der Waals surface area contributed by atoms with E-state index in [0.717, 1.165) is 11.1 Å². The van der Waals surface area contributed by atoms with Gasteiger partial charge in [-0.1, -0.05) is 108 Å². The van der Waals surface area contributed by atoms with Crippen molar-refractivity contribution in [3.05, 3.63) is 142 Å². The second-order valence-electron chi connectivity index (χ2n) is 11.3. The maximum Gasteiger partial charge on any atom is 0.228 e. The molecule has 2 aromatic heterocycles. The van der Waals surface area contributed by atoms with Crippen molar-refractivity contribution >= 4 is 82.6 Å². The number of hydrogen-bond acceptors (Lipinski definition) is 5. The molecule has 0 bridgehead atoms. The number of rotatable bonds is 10. The van der Waals surface area contributed by atoms with Crippen molar-refractivity contribution in [3.63, 3.8) is 0 Å². The molecule has 0 aliphatic carbocycles. The maximum atomic E-state index is 14.8. The van der Waals surface area contributed by atoms with Gasteiger partial charge in [0.05, 0.1) is 11.5 Å². The molecule has 6 rings (SSSR count). The molecule has 0 spiro atoms. The van der Waals surface area contributed by atoms with Crippen LogP contribution in [0.25, 0.3) is 34.0 Å². The lowest BCUT2D eigenvalue weighted by atomic mass is 10.2. The molecule has 0 atom stereocenters. The fourth-order valence-corrected chi connectivity index (χ4v) is 9.25. The lowest BCUT2D eigenvalue weighted by molar-refractivity contribution is 0.101. The van der Waals surface area contributed by atoms with E-state index in [9.17, 15) is 21.6 Å². The van der Waals surface area contributed by atoms with Gasteiger partial charge in [0.2, 0.25) is 5.78 Å². The molecule has 11 heteroatoms. The molecule has 0 aliphatic heterocycles. The van der Waals surface area contributed by atoms with Crippen molar-refractivity contribution in [1.29, 1.82) is 0 Å². The van der Waals surface area contributed by atoms with E-state index in [1.807, 2.05) is 0 Å². The second kappa shape index (κ2) is 13.2. The third kappa shape index (κ3) is 6.39. The van der Waals surface area contributed by atoms with Crippen molar-refractivity contribution < 1.29 is 21.6 Å². The zero-order chi connectivity index (χ0) is 34.2. The molecule has 0 saturated carbocycles. The number of nitrogens with zero attached hydrogens (tertiary/aromatic N) is 2. The highest BCUT2D eigenvalue weighted by molar-refractivity contribution is 7.92. The smallest absolute Gasteiger partial charge is 0.228 e. The maximum absolute atomic E-state index is 14.8. The van der Waals surface area contributed by atoms with Gasteiger partial charge >= 0.3 is 0 Å². The fourth-order valence-electron chi connectivity index (χ4n) is 5.91. The highest BCUT2D eigenvalue weighted by Crippen LogP contribution is 2.37. The van der Waals surface area contributed by atoms with E-state index in [0.29, 0.717) is 31.9 Å². The second-order valence-corrected chi connectivity index (χ2v) is 16.1. The number of aryl methyl sites for hydroxylation is 2. The number of carbonyl (C=O) groups excluding carboxylic acids is 1. The molecule has 0 radical (unpaired) electrons. The summed E-state index contributed by atoms with van der Waals surface area (Å²) in [7, 11) is -4.97. The van der Waals surface area contributed by atoms with E-state index in [2.05, 4.69) is 0 Å². The summed E-state index contributed by atoms with van der Waals surface area (Å²) in [4.78, 5) is 14.5. The Balaban J connectivity index is 1.48. The van der Waals surface area contributed by atoms with Gasteiger partial charge in [-0.25, -0.2) is 16.8 Å². The van der Waals surface area contributed by atoms with Crippen LogP contribution in [0.5, 0.6) is 0 Å². The molecule has 4 aromatic carbocycles. The van der Waals surface area contributed by atoms with Crippen LogP contribution in [0.15, 0.2) is 119 Å². The quantitative estimate of drug-likeness (QED) is 0.133.